The van der Waals surface area contributed by atoms with Gasteiger partial charge >= 0.3 is 0 Å². The molecular weight excluding hydrogens is 196 g/mol. The number of rotatable bonds is 3. The Kier molecular flexibility index (Phi) is 3.25. The highest BCUT2D eigenvalue weighted by molar-refractivity contribution is 5.36. The van der Waals surface area contributed by atoms with E-state index in [1.54, 1.807) is 0 Å². The standard InChI is InChI=1S/C15H16O/c1-12-7-9-14(15(16)11-12)10-8-13-5-3-2-4-6-13/h2-7,9,11,16H,8,10H2,1H3. The molecule has 1 heteroatoms. The molecule has 1 N–H and O–H groups in total. The number of hydrogen-bond donors (Lipinski definition) is 1. The van der Waals surface area contributed by atoms with Crippen LogP contribution in [-0.2, 0) is 12.8 Å². The number of aromatic hydroxyl groups is 1. The van der Waals surface area contributed by atoms with Crippen molar-refractivity contribution < 1.29 is 5.11 Å². The van der Waals surface area contributed by atoms with Crippen LogP contribution in [0.3, 0.4) is 0 Å². The minimum atomic E-state index is 0.413. The Hall–Kier alpha value is -1.76. The van der Waals surface area contributed by atoms with Crippen molar-refractivity contribution in [2.45, 2.75) is 19.8 Å². The molecule has 0 fully saturated rings. The zero-order valence-corrected chi connectivity index (χ0v) is 9.48. The summed E-state index contributed by atoms with van der Waals surface area (Å²) in [6.07, 6.45) is 1.85. The van der Waals surface area contributed by atoms with Gasteiger partial charge in [-0.15, -0.1) is 0 Å². The second kappa shape index (κ2) is 4.84. The molecule has 0 amide bonds. The monoisotopic (exact) mass is 212 g/mol. The molecular formula is C15H16O. The van der Waals surface area contributed by atoms with Crippen LogP contribution < -0.4 is 0 Å². The Bertz CT molecular complexity index is 460. The molecule has 0 saturated carbocycles. The molecule has 0 heterocycles. The second-order valence-electron chi connectivity index (χ2n) is 4.12. The van der Waals surface area contributed by atoms with Crippen molar-refractivity contribution in [3.63, 3.8) is 0 Å². The van der Waals surface area contributed by atoms with Crippen LogP contribution in [0.2, 0.25) is 0 Å². The van der Waals surface area contributed by atoms with Crippen LogP contribution in [0.5, 0.6) is 5.75 Å². The van der Waals surface area contributed by atoms with Gasteiger partial charge in [0.1, 0.15) is 5.75 Å². The van der Waals surface area contributed by atoms with Gasteiger partial charge in [0.2, 0.25) is 0 Å². The molecule has 0 unspecified atom stereocenters. The Morgan fingerprint density at radius 3 is 2.38 bits per heavy atom. The third-order valence-electron chi connectivity index (χ3n) is 2.77. The molecule has 0 radical (unpaired) electrons. The van der Waals surface area contributed by atoms with E-state index in [1.807, 2.05) is 43.3 Å². The number of benzene rings is 2. The number of aryl methyl sites for hydroxylation is 3. The summed E-state index contributed by atoms with van der Waals surface area (Å²) in [5.41, 5.74) is 3.43. The van der Waals surface area contributed by atoms with Crippen molar-refractivity contribution in [2.75, 3.05) is 0 Å². The minimum absolute atomic E-state index is 0.413. The molecule has 16 heavy (non-hydrogen) atoms. The van der Waals surface area contributed by atoms with Gasteiger partial charge in [0, 0.05) is 0 Å². The van der Waals surface area contributed by atoms with E-state index in [2.05, 4.69) is 12.1 Å². The topological polar surface area (TPSA) is 20.2 Å². The maximum absolute atomic E-state index is 9.77. The predicted octanol–water partition coefficient (Wildman–Crippen LogP) is 3.49. The lowest BCUT2D eigenvalue weighted by atomic mass is 10.0. The van der Waals surface area contributed by atoms with Gasteiger partial charge < -0.3 is 5.11 Å². The molecule has 0 aromatic heterocycles. The summed E-state index contributed by atoms with van der Waals surface area (Å²) in [4.78, 5) is 0. The maximum Gasteiger partial charge on any atom is 0.119 e. The molecule has 0 aliphatic heterocycles. The Morgan fingerprint density at radius 2 is 1.69 bits per heavy atom. The van der Waals surface area contributed by atoms with Crippen LogP contribution >= 0.6 is 0 Å². The molecule has 0 aliphatic carbocycles. The van der Waals surface area contributed by atoms with Gasteiger partial charge in [-0.2, -0.15) is 0 Å². The summed E-state index contributed by atoms with van der Waals surface area (Å²) in [6, 6.07) is 16.2. The molecule has 2 rings (SSSR count). The summed E-state index contributed by atoms with van der Waals surface area (Å²) in [6.45, 7) is 1.99. The lowest BCUT2D eigenvalue weighted by Gasteiger charge is -2.05. The predicted molar refractivity (Wildman–Crippen MR) is 66.7 cm³/mol. The SMILES string of the molecule is Cc1ccc(CCc2ccccc2)c(O)c1. The highest BCUT2D eigenvalue weighted by Crippen LogP contribution is 2.20. The van der Waals surface area contributed by atoms with E-state index in [1.165, 1.54) is 5.56 Å². The van der Waals surface area contributed by atoms with Crippen LogP contribution in [0.15, 0.2) is 48.5 Å². The molecule has 0 aliphatic rings. The maximum atomic E-state index is 9.77. The number of phenols is 1. The van der Waals surface area contributed by atoms with E-state index in [9.17, 15) is 5.11 Å². The fourth-order valence-corrected chi connectivity index (χ4v) is 1.81. The van der Waals surface area contributed by atoms with Crippen molar-refractivity contribution in [3.8, 4) is 5.75 Å². The summed E-state index contributed by atoms with van der Waals surface area (Å²) in [5.74, 6) is 0.413. The van der Waals surface area contributed by atoms with E-state index < -0.39 is 0 Å². The van der Waals surface area contributed by atoms with Crippen molar-refractivity contribution in [1.29, 1.82) is 0 Å². The van der Waals surface area contributed by atoms with Crippen LogP contribution in [-0.4, -0.2) is 5.11 Å². The fraction of sp³-hybridized carbons (Fsp3) is 0.200. The Morgan fingerprint density at radius 1 is 0.938 bits per heavy atom. The van der Waals surface area contributed by atoms with Crippen molar-refractivity contribution in [1.82, 2.24) is 0 Å². The first kappa shape index (κ1) is 10.7. The lowest BCUT2D eigenvalue weighted by Crippen LogP contribution is -1.91. The first-order valence-corrected chi connectivity index (χ1v) is 5.58. The van der Waals surface area contributed by atoms with E-state index in [0.717, 1.165) is 24.0 Å². The normalized spacial score (nSPS) is 10.3. The third kappa shape index (κ3) is 2.63. The van der Waals surface area contributed by atoms with Gasteiger partial charge in [-0.1, -0.05) is 42.5 Å². The highest BCUT2D eigenvalue weighted by Gasteiger charge is 2.01. The van der Waals surface area contributed by atoms with Gasteiger partial charge in [0.25, 0.3) is 0 Å². The van der Waals surface area contributed by atoms with Crippen LogP contribution in [0, 0.1) is 6.92 Å². The van der Waals surface area contributed by atoms with Gasteiger partial charge in [-0.25, -0.2) is 0 Å². The molecule has 2 aromatic rings. The van der Waals surface area contributed by atoms with Gasteiger partial charge in [-0.3, -0.25) is 0 Å². The van der Waals surface area contributed by atoms with Crippen molar-refractivity contribution in [2.24, 2.45) is 0 Å². The van der Waals surface area contributed by atoms with Gasteiger partial charge in [-0.05, 0) is 42.5 Å². The summed E-state index contributed by atoms with van der Waals surface area (Å²) < 4.78 is 0. The lowest BCUT2D eigenvalue weighted by molar-refractivity contribution is 0.467. The van der Waals surface area contributed by atoms with Crippen LogP contribution in [0.25, 0.3) is 0 Å². The van der Waals surface area contributed by atoms with E-state index >= 15 is 0 Å². The van der Waals surface area contributed by atoms with Crippen LogP contribution in [0.1, 0.15) is 16.7 Å². The average molecular weight is 212 g/mol. The minimum Gasteiger partial charge on any atom is -0.508 e. The quantitative estimate of drug-likeness (QED) is 0.825. The summed E-state index contributed by atoms with van der Waals surface area (Å²) in [7, 11) is 0. The Balaban J connectivity index is 2.05. The van der Waals surface area contributed by atoms with Gasteiger partial charge in [0.05, 0.1) is 0 Å². The van der Waals surface area contributed by atoms with E-state index in [-0.39, 0.29) is 0 Å². The Labute approximate surface area is 96.4 Å². The molecule has 82 valence electrons. The molecule has 0 spiro atoms. The zero-order valence-electron chi connectivity index (χ0n) is 9.48. The van der Waals surface area contributed by atoms with Gasteiger partial charge in [0.15, 0.2) is 0 Å². The smallest absolute Gasteiger partial charge is 0.119 e. The van der Waals surface area contributed by atoms with E-state index in [0.29, 0.717) is 5.75 Å². The average Bonchev–Trinajstić information content (AvgIpc) is 2.29. The van der Waals surface area contributed by atoms with Crippen molar-refractivity contribution >= 4 is 0 Å². The molecule has 2 aromatic carbocycles. The number of phenolic OH excluding ortho intramolecular Hbond substituents is 1. The van der Waals surface area contributed by atoms with E-state index in [4.69, 9.17) is 0 Å². The first-order valence-electron chi connectivity index (χ1n) is 5.58. The highest BCUT2D eigenvalue weighted by atomic mass is 16.3. The summed E-state index contributed by atoms with van der Waals surface area (Å²) in [5, 5.41) is 9.77. The fourth-order valence-electron chi connectivity index (χ4n) is 1.81. The van der Waals surface area contributed by atoms with Crippen molar-refractivity contribution in [3.05, 3.63) is 65.2 Å². The second-order valence-corrected chi connectivity index (χ2v) is 4.12. The molecule has 0 bridgehead atoms. The summed E-state index contributed by atoms with van der Waals surface area (Å²) >= 11 is 0. The zero-order chi connectivity index (χ0) is 11.4. The molecule has 1 nitrogen and oxygen atoms in total. The van der Waals surface area contributed by atoms with Crippen LogP contribution in [0.4, 0.5) is 0 Å². The molecule has 0 saturated heterocycles. The third-order valence-corrected chi connectivity index (χ3v) is 2.77. The first-order chi connectivity index (χ1) is 7.75. The molecule has 0 atom stereocenters. The number of hydrogen-bond acceptors (Lipinski definition) is 1. The largest absolute Gasteiger partial charge is 0.508 e.